The van der Waals surface area contributed by atoms with Crippen LogP contribution in [0, 0.1) is 0 Å². The van der Waals surface area contributed by atoms with Crippen molar-refractivity contribution in [1.82, 2.24) is 0 Å². The predicted octanol–water partition coefficient (Wildman–Crippen LogP) is 17.3. The van der Waals surface area contributed by atoms with Gasteiger partial charge in [-0.3, -0.25) is 4.79 Å². The first-order valence-electron chi connectivity index (χ1n) is 23.3. The zero-order valence-electron chi connectivity index (χ0n) is 34.6. The molecule has 0 amide bonds. The minimum absolute atomic E-state index is 0.0205. The molecule has 0 aliphatic rings. The molecule has 0 heterocycles. The topological polar surface area (TPSA) is 26.3 Å². The Labute approximate surface area is 316 Å². The normalized spacial score (nSPS) is 11.8. The van der Waals surface area contributed by atoms with Gasteiger partial charge in [-0.15, -0.1) is 0 Å². The van der Waals surface area contributed by atoms with Crippen molar-refractivity contribution in [3.8, 4) is 0 Å². The Morgan fingerprint density at radius 2 is 0.620 bits per heavy atom. The van der Waals surface area contributed by atoms with Crippen molar-refractivity contribution in [3.63, 3.8) is 0 Å². The lowest BCUT2D eigenvalue weighted by molar-refractivity contribution is -0.143. The zero-order valence-corrected chi connectivity index (χ0v) is 34.6. The van der Waals surface area contributed by atoms with Crippen molar-refractivity contribution in [3.05, 3.63) is 24.3 Å². The number of ether oxygens (including phenoxy) is 1. The molecule has 0 aromatic rings. The van der Waals surface area contributed by atoms with Crippen LogP contribution >= 0.6 is 0 Å². The Morgan fingerprint density at radius 1 is 0.340 bits per heavy atom. The Hall–Kier alpha value is -1.05. The number of allylic oxidation sites excluding steroid dienone is 4. The monoisotopic (exact) mass is 701 g/mol. The van der Waals surface area contributed by atoms with Crippen LogP contribution in [0.2, 0.25) is 0 Å². The smallest absolute Gasteiger partial charge is 0.305 e. The van der Waals surface area contributed by atoms with Crippen LogP contribution in [-0.2, 0) is 9.53 Å². The molecular weight excluding hydrogens is 609 g/mol. The summed E-state index contributed by atoms with van der Waals surface area (Å²) >= 11 is 0. The van der Waals surface area contributed by atoms with Crippen LogP contribution in [0.5, 0.6) is 0 Å². The largest absolute Gasteiger partial charge is 0.466 e. The van der Waals surface area contributed by atoms with Crippen LogP contribution in [0.3, 0.4) is 0 Å². The third-order valence-electron chi connectivity index (χ3n) is 10.6. The first-order chi connectivity index (χ1) is 24.8. The van der Waals surface area contributed by atoms with Crippen LogP contribution in [0.15, 0.2) is 24.3 Å². The summed E-state index contributed by atoms with van der Waals surface area (Å²) in [5.41, 5.74) is 0. The SMILES string of the molecule is CCCCC/C=C\C/C=C\CCCCCCCCOC(=O)CCCCCCCCCCCCCCCCCCCCCCCCCCCCC. The molecule has 0 aromatic carbocycles. The van der Waals surface area contributed by atoms with E-state index in [0.717, 1.165) is 19.3 Å². The first kappa shape index (κ1) is 49.0. The van der Waals surface area contributed by atoms with Gasteiger partial charge in [0.05, 0.1) is 6.61 Å². The highest BCUT2D eigenvalue weighted by Crippen LogP contribution is 2.16. The van der Waals surface area contributed by atoms with Gasteiger partial charge in [-0.2, -0.15) is 0 Å². The molecule has 0 saturated heterocycles. The minimum Gasteiger partial charge on any atom is -0.466 e. The maximum Gasteiger partial charge on any atom is 0.305 e. The van der Waals surface area contributed by atoms with E-state index in [1.807, 2.05) is 0 Å². The number of esters is 1. The highest BCUT2D eigenvalue weighted by Gasteiger charge is 2.03. The summed E-state index contributed by atoms with van der Waals surface area (Å²) in [6.45, 7) is 5.18. The first-order valence-corrected chi connectivity index (χ1v) is 23.3. The fraction of sp³-hybridized carbons (Fsp3) is 0.896. The Morgan fingerprint density at radius 3 is 1.00 bits per heavy atom. The lowest BCUT2D eigenvalue weighted by Gasteiger charge is -2.06. The van der Waals surface area contributed by atoms with Crippen molar-refractivity contribution in [2.45, 2.75) is 271 Å². The molecule has 0 saturated carbocycles. The van der Waals surface area contributed by atoms with Gasteiger partial charge in [0.15, 0.2) is 0 Å². The summed E-state index contributed by atoms with van der Waals surface area (Å²) < 4.78 is 5.47. The summed E-state index contributed by atoms with van der Waals surface area (Å²) in [5.74, 6) is 0.0205. The van der Waals surface area contributed by atoms with E-state index in [-0.39, 0.29) is 5.97 Å². The number of carbonyl (C=O) groups excluding carboxylic acids is 1. The fourth-order valence-electron chi connectivity index (χ4n) is 7.11. The number of hydrogen-bond donors (Lipinski definition) is 0. The highest BCUT2D eigenvalue weighted by atomic mass is 16.5. The molecule has 296 valence electrons. The van der Waals surface area contributed by atoms with Gasteiger partial charge in [0, 0.05) is 6.42 Å². The number of hydrogen-bond acceptors (Lipinski definition) is 2. The fourth-order valence-corrected chi connectivity index (χ4v) is 7.11. The Balaban J connectivity index is 3.18. The lowest BCUT2D eigenvalue weighted by Crippen LogP contribution is -2.05. The summed E-state index contributed by atoms with van der Waals surface area (Å²) in [6.07, 6.45) is 63.0. The van der Waals surface area contributed by atoms with Crippen LogP contribution in [-0.4, -0.2) is 12.6 Å². The summed E-state index contributed by atoms with van der Waals surface area (Å²) in [7, 11) is 0. The van der Waals surface area contributed by atoms with Crippen molar-refractivity contribution in [1.29, 1.82) is 0 Å². The van der Waals surface area contributed by atoms with Gasteiger partial charge in [0.1, 0.15) is 0 Å². The molecule has 0 radical (unpaired) electrons. The quantitative estimate of drug-likeness (QED) is 0.0359. The second-order valence-corrected chi connectivity index (χ2v) is 15.7. The predicted molar refractivity (Wildman–Crippen MR) is 225 cm³/mol. The van der Waals surface area contributed by atoms with Crippen LogP contribution in [0.25, 0.3) is 0 Å². The van der Waals surface area contributed by atoms with Gasteiger partial charge >= 0.3 is 5.97 Å². The van der Waals surface area contributed by atoms with Crippen LogP contribution < -0.4 is 0 Å². The molecule has 0 spiro atoms. The van der Waals surface area contributed by atoms with E-state index in [2.05, 4.69) is 38.2 Å². The van der Waals surface area contributed by atoms with Gasteiger partial charge in [0.25, 0.3) is 0 Å². The molecule has 0 aliphatic heterocycles. The van der Waals surface area contributed by atoms with E-state index in [0.29, 0.717) is 13.0 Å². The van der Waals surface area contributed by atoms with Gasteiger partial charge in [0.2, 0.25) is 0 Å². The maximum atomic E-state index is 12.0. The number of carbonyl (C=O) groups is 1. The van der Waals surface area contributed by atoms with Crippen molar-refractivity contribution < 1.29 is 9.53 Å². The number of rotatable bonds is 43. The molecule has 0 bridgehead atoms. The molecule has 0 aliphatic carbocycles. The summed E-state index contributed by atoms with van der Waals surface area (Å²) in [4.78, 5) is 12.0. The maximum absolute atomic E-state index is 12.0. The molecule has 0 fully saturated rings. The lowest BCUT2D eigenvalue weighted by atomic mass is 10.0. The molecule has 2 nitrogen and oxygen atoms in total. The standard InChI is InChI=1S/C48H92O2/c1-3-5-7-9-11-13-15-17-19-21-22-23-24-25-26-27-28-29-30-31-32-34-36-38-40-42-44-46-48(49)50-47-45-43-41-39-37-35-33-20-18-16-14-12-10-8-6-4-2/h12,14,18,20H,3-11,13,15-17,19,21-47H2,1-2H3/b14-12-,20-18-. The van der Waals surface area contributed by atoms with E-state index in [4.69, 9.17) is 4.74 Å². The van der Waals surface area contributed by atoms with E-state index in [1.54, 1.807) is 0 Å². The molecule has 0 aromatic heterocycles. The van der Waals surface area contributed by atoms with Crippen LogP contribution in [0.4, 0.5) is 0 Å². The molecule has 0 N–H and O–H groups in total. The minimum atomic E-state index is 0.0205. The second-order valence-electron chi connectivity index (χ2n) is 15.7. The molecular formula is C48H92O2. The molecule has 0 atom stereocenters. The van der Waals surface area contributed by atoms with Gasteiger partial charge in [-0.25, -0.2) is 0 Å². The molecule has 0 rings (SSSR count). The van der Waals surface area contributed by atoms with E-state index >= 15 is 0 Å². The molecule has 2 heteroatoms. The Kier molecular flexibility index (Phi) is 45.0. The van der Waals surface area contributed by atoms with Gasteiger partial charge in [-0.05, 0) is 44.9 Å². The molecule has 0 unspecified atom stereocenters. The van der Waals surface area contributed by atoms with E-state index < -0.39 is 0 Å². The highest BCUT2D eigenvalue weighted by molar-refractivity contribution is 5.69. The van der Waals surface area contributed by atoms with Crippen molar-refractivity contribution >= 4 is 5.97 Å². The third kappa shape index (κ3) is 45.0. The number of unbranched alkanes of at least 4 members (excludes halogenated alkanes) is 35. The molecule has 50 heavy (non-hydrogen) atoms. The van der Waals surface area contributed by atoms with Gasteiger partial charge in [-0.1, -0.05) is 244 Å². The average Bonchev–Trinajstić information content (AvgIpc) is 3.12. The average molecular weight is 701 g/mol. The zero-order chi connectivity index (χ0) is 36.1. The van der Waals surface area contributed by atoms with Gasteiger partial charge < -0.3 is 4.74 Å². The second kappa shape index (κ2) is 46.0. The van der Waals surface area contributed by atoms with Crippen molar-refractivity contribution in [2.24, 2.45) is 0 Å². The summed E-state index contributed by atoms with van der Waals surface area (Å²) in [6, 6.07) is 0. The van der Waals surface area contributed by atoms with E-state index in [1.165, 1.54) is 231 Å². The Bertz CT molecular complexity index is 680. The third-order valence-corrected chi connectivity index (χ3v) is 10.6. The van der Waals surface area contributed by atoms with E-state index in [9.17, 15) is 4.79 Å². The van der Waals surface area contributed by atoms with Crippen LogP contribution in [0.1, 0.15) is 271 Å². The summed E-state index contributed by atoms with van der Waals surface area (Å²) in [5, 5.41) is 0. The van der Waals surface area contributed by atoms with Crippen molar-refractivity contribution in [2.75, 3.05) is 6.61 Å².